The number of hydrogen-bond donors (Lipinski definition) is 1. The van der Waals surface area contributed by atoms with Gasteiger partial charge in [0.2, 0.25) is 21.7 Å². The van der Waals surface area contributed by atoms with Gasteiger partial charge in [0, 0.05) is 22.4 Å². The van der Waals surface area contributed by atoms with Crippen LogP contribution in [0, 0.1) is 12.8 Å². The highest BCUT2D eigenvalue weighted by molar-refractivity contribution is 9.10. The minimum absolute atomic E-state index is 0.102. The fraction of sp³-hybridized carbons (Fsp3) is 0.278. The molecule has 0 spiro atoms. The van der Waals surface area contributed by atoms with E-state index in [2.05, 4.69) is 35.8 Å². The quantitative estimate of drug-likeness (QED) is 0.611. The summed E-state index contributed by atoms with van der Waals surface area (Å²) >= 11 is 3.32. The van der Waals surface area contributed by atoms with Crippen LogP contribution in [-0.4, -0.2) is 23.5 Å². The minimum Gasteiger partial charge on any atom is -0.337 e. The van der Waals surface area contributed by atoms with Crippen molar-refractivity contribution in [2.24, 2.45) is 5.92 Å². The Morgan fingerprint density at radius 2 is 1.85 bits per heavy atom. The molecular formula is C18H19BrN4O3S. The van der Waals surface area contributed by atoms with Crippen molar-refractivity contribution >= 4 is 26.0 Å². The first-order valence-electron chi connectivity index (χ1n) is 8.30. The predicted molar refractivity (Wildman–Crippen MR) is 104 cm³/mol. The zero-order valence-electron chi connectivity index (χ0n) is 15.0. The molecule has 1 aromatic carbocycles. The van der Waals surface area contributed by atoms with Gasteiger partial charge in [-0.3, -0.25) is 4.98 Å². The van der Waals surface area contributed by atoms with Crippen LogP contribution in [0.5, 0.6) is 0 Å². The molecule has 0 radical (unpaired) electrons. The monoisotopic (exact) mass is 450 g/mol. The highest BCUT2D eigenvalue weighted by Gasteiger charge is 2.29. The summed E-state index contributed by atoms with van der Waals surface area (Å²) in [6, 6.07) is 7.92. The van der Waals surface area contributed by atoms with Gasteiger partial charge in [-0.2, -0.15) is 9.71 Å². The van der Waals surface area contributed by atoms with E-state index in [1.807, 2.05) is 20.8 Å². The molecule has 1 atom stereocenters. The first kappa shape index (κ1) is 19.7. The maximum absolute atomic E-state index is 12.9. The zero-order chi connectivity index (χ0) is 19.6. The number of halogens is 1. The topological polar surface area (TPSA) is 98.0 Å². The third-order valence-corrected chi connectivity index (χ3v) is 6.39. The molecule has 0 aliphatic heterocycles. The lowest BCUT2D eigenvalue weighted by Crippen LogP contribution is -2.32. The number of aromatic nitrogens is 3. The van der Waals surface area contributed by atoms with Gasteiger partial charge in [0.25, 0.3) is 0 Å². The van der Waals surface area contributed by atoms with Crippen molar-refractivity contribution in [1.29, 1.82) is 0 Å². The van der Waals surface area contributed by atoms with Crippen molar-refractivity contribution in [3.05, 3.63) is 58.7 Å². The third kappa shape index (κ3) is 4.42. The molecule has 2 aromatic heterocycles. The maximum atomic E-state index is 12.9. The fourth-order valence-electron chi connectivity index (χ4n) is 2.51. The van der Waals surface area contributed by atoms with Crippen molar-refractivity contribution in [3.8, 4) is 11.4 Å². The number of pyridine rings is 1. The number of sulfonamides is 1. The molecular weight excluding hydrogens is 432 g/mol. The number of benzene rings is 1. The fourth-order valence-corrected chi connectivity index (χ4v) is 5.04. The van der Waals surface area contributed by atoms with E-state index < -0.39 is 16.1 Å². The van der Waals surface area contributed by atoms with E-state index in [-0.39, 0.29) is 16.7 Å². The minimum atomic E-state index is -3.79. The Labute approximate surface area is 166 Å². The second kappa shape index (κ2) is 7.87. The normalized spacial score (nSPS) is 13.1. The van der Waals surface area contributed by atoms with Crippen molar-refractivity contribution in [1.82, 2.24) is 19.8 Å². The highest BCUT2D eigenvalue weighted by atomic mass is 79.9. The Morgan fingerprint density at radius 3 is 2.48 bits per heavy atom. The highest BCUT2D eigenvalue weighted by Crippen LogP contribution is 2.28. The lowest BCUT2D eigenvalue weighted by molar-refractivity contribution is 0.311. The first-order chi connectivity index (χ1) is 12.8. The molecule has 2 heterocycles. The number of hydrogen-bond acceptors (Lipinski definition) is 6. The van der Waals surface area contributed by atoms with Gasteiger partial charge in [-0.25, -0.2) is 8.42 Å². The van der Waals surface area contributed by atoms with Gasteiger partial charge in [0.05, 0.1) is 4.90 Å². The summed E-state index contributed by atoms with van der Waals surface area (Å²) in [4.78, 5) is 8.49. The van der Waals surface area contributed by atoms with Crippen LogP contribution in [0.4, 0.5) is 0 Å². The van der Waals surface area contributed by atoms with E-state index in [1.54, 1.807) is 42.7 Å². The van der Waals surface area contributed by atoms with E-state index >= 15 is 0 Å². The van der Waals surface area contributed by atoms with Gasteiger partial charge in [-0.1, -0.05) is 25.1 Å². The first-order valence-corrected chi connectivity index (χ1v) is 10.6. The van der Waals surface area contributed by atoms with E-state index in [0.717, 1.165) is 11.1 Å². The molecule has 3 rings (SSSR count). The van der Waals surface area contributed by atoms with Crippen molar-refractivity contribution in [2.45, 2.75) is 31.7 Å². The van der Waals surface area contributed by atoms with Crippen molar-refractivity contribution < 1.29 is 12.9 Å². The summed E-state index contributed by atoms with van der Waals surface area (Å²) < 4.78 is 34.3. The smallest absolute Gasteiger partial charge is 0.245 e. The zero-order valence-corrected chi connectivity index (χ0v) is 17.5. The van der Waals surface area contributed by atoms with E-state index in [4.69, 9.17) is 4.52 Å². The maximum Gasteiger partial charge on any atom is 0.245 e. The summed E-state index contributed by atoms with van der Waals surface area (Å²) in [6.45, 7) is 5.66. The number of nitrogens with one attached hydrogen (secondary N) is 1. The van der Waals surface area contributed by atoms with E-state index in [9.17, 15) is 8.42 Å². The lowest BCUT2D eigenvalue weighted by Gasteiger charge is -2.19. The van der Waals surface area contributed by atoms with Crippen LogP contribution >= 0.6 is 15.9 Å². The Bertz CT molecular complexity index is 1040. The number of aryl methyl sites for hydroxylation is 1. The van der Waals surface area contributed by atoms with Crippen LogP contribution < -0.4 is 4.72 Å². The molecule has 1 N–H and O–H groups in total. The SMILES string of the molecule is Cc1ccc(S(=O)(=O)NC(c2nc(-c3ccncc3)no2)C(C)C)c(Br)c1. The van der Waals surface area contributed by atoms with Gasteiger partial charge in [0.1, 0.15) is 6.04 Å². The summed E-state index contributed by atoms with van der Waals surface area (Å²) in [5, 5.41) is 3.96. The molecule has 0 saturated heterocycles. The average molecular weight is 451 g/mol. The Morgan fingerprint density at radius 1 is 1.15 bits per heavy atom. The van der Waals surface area contributed by atoms with Crippen LogP contribution in [0.15, 0.2) is 56.6 Å². The lowest BCUT2D eigenvalue weighted by atomic mass is 10.1. The molecule has 0 aliphatic rings. The molecule has 0 aliphatic carbocycles. The Kier molecular flexibility index (Phi) is 5.73. The third-order valence-electron chi connectivity index (χ3n) is 3.97. The second-order valence-electron chi connectivity index (χ2n) is 6.47. The summed E-state index contributed by atoms with van der Waals surface area (Å²) in [5.74, 6) is 0.493. The van der Waals surface area contributed by atoms with Crippen LogP contribution in [0.25, 0.3) is 11.4 Å². The van der Waals surface area contributed by atoms with Gasteiger partial charge in [0.15, 0.2) is 0 Å². The molecule has 1 unspecified atom stereocenters. The van der Waals surface area contributed by atoms with Crippen molar-refractivity contribution in [3.63, 3.8) is 0 Å². The Balaban J connectivity index is 1.92. The van der Waals surface area contributed by atoms with E-state index in [1.165, 1.54) is 0 Å². The van der Waals surface area contributed by atoms with Crippen molar-refractivity contribution in [2.75, 3.05) is 0 Å². The molecule has 0 saturated carbocycles. The molecule has 9 heteroatoms. The average Bonchev–Trinajstić information content (AvgIpc) is 3.09. The molecule has 3 aromatic rings. The molecule has 7 nitrogen and oxygen atoms in total. The van der Waals surface area contributed by atoms with Crippen LogP contribution in [-0.2, 0) is 10.0 Å². The second-order valence-corrected chi connectivity index (χ2v) is 9.01. The van der Waals surface area contributed by atoms with E-state index in [0.29, 0.717) is 10.3 Å². The largest absolute Gasteiger partial charge is 0.337 e. The van der Waals surface area contributed by atoms with Crippen LogP contribution in [0.1, 0.15) is 31.3 Å². The van der Waals surface area contributed by atoms with Gasteiger partial charge >= 0.3 is 0 Å². The summed E-state index contributed by atoms with van der Waals surface area (Å²) in [6.07, 6.45) is 3.26. The van der Waals surface area contributed by atoms with Crippen LogP contribution in [0.2, 0.25) is 0 Å². The molecule has 0 fully saturated rings. The van der Waals surface area contributed by atoms with Gasteiger partial charge in [-0.15, -0.1) is 0 Å². The summed E-state index contributed by atoms with van der Waals surface area (Å²) in [5.41, 5.74) is 1.70. The van der Waals surface area contributed by atoms with Crippen LogP contribution in [0.3, 0.4) is 0 Å². The van der Waals surface area contributed by atoms with Gasteiger partial charge in [-0.05, 0) is 58.6 Å². The predicted octanol–water partition coefficient (Wildman–Crippen LogP) is 3.88. The molecule has 0 bridgehead atoms. The Hall–Kier alpha value is -2.10. The number of rotatable bonds is 6. The molecule has 142 valence electrons. The molecule has 27 heavy (non-hydrogen) atoms. The van der Waals surface area contributed by atoms with Gasteiger partial charge < -0.3 is 4.52 Å². The standard InChI is InChI=1S/C18H19BrN4O3S/c1-11(2)16(18-21-17(22-26-18)13-6-8-20-9-7-13)23-27(24,25)15-5-4-12(3)10-14(15)19/h4-11,16,23H,1-3H3. The number of nitrogens with zero attached hydrogens (tertiary/aromatic N) is 3. The summed E-state index contributed by atoms with van der Waals surface area (Å²) in [7, 11) is -3.79. The molecule has 0 amide bonds.